The number of carbonyl (C=O) groups is 1. The quantitative estimate of drug-likeness (QED) is 0.843. The van der Waals surface area contributed by atoms with Gasteiger partial charge in [0.05, 0.1) is 15.4 Å². The molecule has 3 nitrogen and oxygen atoms in total. The minimum absolute atomic E-state index is 0.210. The molecule has 72 valence electrons. The summed E-state index contributed by atoms with van der Waals surface area (Å²) < 4.78 is 0.627. The Bertz CT molecular complexity index is 417. The molecular formula is C9H7ClN2OS. The molecule has 0 aliphatic heterocycles. The lowest BCUT2D eigenvalue weighted by Gasteiger charge is -2.04. The topological polar surface area (TPSA) is 52.9 Å². The minimum atomic E-state index is -0.767. The molecule has 1 aromatic heterocycles. The molecule has 14 heavy (non-hydrogen) atoms. The van der Waals surface area contributed by atoms with Crippen molar-refractivity contribution < 1.29 is 4.79 Å². The molecule has 1 aliphatic rings. The fourth-order valence-corrected chi connectivity index (χ4v) is 2.07. The Morgan fingerprint density at radius 1 is 1.64 bits per heavy atom. The zero-order valence-electron chi connectivity index (χ0n) is 7.21. The van der Waals surface area contributed by atoms with E-state index in [2.05, 4.69) is 5.32 Å². The van der Waals surface area contributed by atoms with Gasteiger partial charge in [0.25, 0.3) is 0 Å². The van der Waals surface area contributed by atoms with Crippen LogP contribution < -0.4 is 5.32 Å². The van der Waals surface area contributed by atoms with Crippen molar-refractivity contribution in [3.05, 3.63) is 16.5 Å². The van der Waals surface area contributed by atoms with Crippen molar-refractivity contribution in [2.45, 2.75) is 12.8 Å². The van der Waals surface area contributed by atoms with Gasteiger partial charge in [0.2, 0.25) is 5.91 Å². The number of rotatable bonds is 2. The Balaban J connectivity index is 2.06. The number of nitriles is 1. The third-order valence-corrected chi connectivity index (χ3v) is 3.36. The normalized spacial score (nSPS) is 17.1. The summed E-state index contributed by atoms with van der Waals surface area (Å²) in [5.74, 6) is -0.210. The number of nitrogens with zero attached hydrogens (tertiary/aromatic N) is 1. The average molecular weight is 227 g/mol. The van der Waals surface area contributed by atoms with E-state index in [4.69, 9.17) is 16.9 Å². The molecule has 1 aliphatic carbocycles. The number of carbonyl (C=O) groups excluding carboxylic acids is 1. The van der Waals surface area contributed by atoms with E-state index in [9.17, 15) is 4.79 Å². The lowest BCUT2D eigenvalue weighted by Crippen LogP contribution is -2.22. The summed E-state index contributed by atoms with van der Waals surface area (Å²) in [6.07, 6.45) is 1.32. The van der Waals surface area contributed by atoms with E-state index in [1.54, 1.807) is 12.1 Å². The smallest absolute Gasteiger partial charge is 0.245 e. The van der Waals surface area contributed by atoms with Crippen LogP contribution in [0.5, 0.6) is 0 Å². The molecule has 2 rings (SSSR count). The summed E-state index contributed by atoms with van der Waals surface area (Å²) >= 11 is 7.00. The number of halogens is 1. The van der Waals surface area contributed by atoms with Crippen molar-refractivity contribution in [3.8, 4) is 6.07 Å². The molecule has 0 atom stereocenters. The van der Waals surface area contributed by atoms with E-state index in [1.807, 2.05) is 6.07 Å². The third kappa shape index (κ3) is 1.61. The molecule has 0 aromatic carbocycles. The lowest BCUT2D eigenvalue weighted by atomic mass is 10.1. The van der Waals surface area contributed by atoms with Crippen LogP contribution in [0.15, 0.2) is 12.1 Å². The lowest BCUT2D eigenvalue weighted by molar-refractivity contribution is -0.119. The first kappa shape index (κ1) is 9.50. The third-order valence-electron chi connectivity index (χ3n) is 2.21. The monoisotopic (exact) mass is 226 g/mol. The first-order valence-corrected chi connectivity index (χ1v) is 5.34. The van der Waals surface area contributed by atoms with E-state index in [1.165, 1.54) is 11.3 Å². The Labute approximate surface area is 90.3 Å². The van der Waals surface area contributed by atoms with Crippen molar-refractivity contribution in [1.82, 2.24) is 0 Å². The Hall–Kier alpha value is -1.05. The van der Waals surface area contributed by atoms with Gasteiger partial charge in [-0.3, -0.25) is 4.79 Å². The van der Waals surface area contributed by atoms with E-state index in [0.29, 0.717) is 22.2 Å². The SMILES string of the molecule is N#CC1(C(=O)Nc2ccc(Cl)s2)CC1. The maximum atomic E-state index is 11.6. The maximum Gasteiger partial charge on any atom is 0.245 e. The summed E-state index contributed by atoms with van der Waals surface area (Å²) in [5, 5.41) is 12.2. The highest BCUT2D eigenvalue weighted by Crippen LogP contribution is 2.46. The van der Waals surface area contributed by atoms with Crippen molar-refractivity contribution in [2.75, 3.05) is 5.32 Å². The predicted octanol–water partition coefficient (Wildman–Crippen LogP) is 2.64. The summed E-state index contributed by atoms with van der Waals surface area (Å²) in [4.78, 5) is 11.6. The van der Waals surface area contributed by atoms with Gasteiger partial charge in [0, 0.05) is 0 Å². The number of anilines is 1. The highest BCUT2D eigenvalue weighted by Gasteiger charge is 2.50. The second kappa shape index (κ2) is 3.26. The molecule has 1 amide bonds. The molecule has 1 saturated carbocycles. The van der Waals surface area contributed by atoms with Gasteiger partial charge in [0.15, 0.2) is 0 Å². The van der Waals surface area contributed by atoms with Crippen LogP contribution in [-0.2, 0) is 4.79 Å². The largest absolute Gasteiger partial charge is 0.316 e. The molecule has 1 N–H and O–H groups in total. The van der Waals surface area contributed by atoms with Crippen LogP contribution >= 0.6 is 22.9 Å². The number of thiophene rings is 1. The first-order valence-electron chi connectivity index (χ1n) is 4.14. The second-order valence-electron chi connectivity index (χ2n) is 3.25. The standard InChI is InChI=1S/C9H7ClN2OS/c10-6-1-2-7(14-6)12-8(13)9(5-11)3-4-9/h1-2H,3-4H2,(H,12,13). The van der Waals surface area contributed by atoms with Crippen molar-refractivity contribution >= 4 is 33.8 Å². The summed E-state index contributed by atoms with van der Waals surface area (Å²) in [7, 11) is 0. The molecule has 1 heterocycles. The molecular weight excluding hydrogens is 220 g/mol. The summed E-state index contributed by atoms with van der Waals surface area (Å²) in [6.45, 7) is 0. The van der Waals surface area contributed by atoms with Gasteiger partial charge in [-0.15, -0.1) is 11.3 Å². The van der Waals surface area contributed by atoms with Gasteiger partial charge in [-0.1, -0.05) is 11.6 Å². The van der Waals surface area contributed by atoms with E-state index in [0.717, 1.165) is 0 Å². The highest BCUT2D eigenvalue weighted by molar-refractivity contribution is 7.20. The van der Waals surface area contributed by atoms with Gasteiger partial charge < -0.3 is 5.32 Å². The first-order chi connectivity index (χ1) is 6.66. The molecule has 1 fully saturated rings. The van der Waals surface area contributed by atoms with Crippen LogP contribution in [0.4, 0.5) is 5.00 Å². The van der Waals surface area contributed by atoms with Crippen molar-refractivity contribution in [3.63, 3.8) is 0 Å². The van der Waals surface area contributed by atoms with Gasteiger partial charge in [-0.05, 0) is 25.0 Å². The fraction of sp³-hybridized carbons (Fsp3) is 0.333. The summed E-state index contributed by atoms with van der Waals surface area (Å²) in [6, 6.07) is 5.49. The maximum absolute atomic E-state index is 11.6. The molecule has 0 spiro atoms. The number of hydrogen-bond acceptors (Lipinski definition) is 3. The van der Waals surface area contributed by atoms with Crippen LogP contribution in [0.2, 0.25) is 4.34 Å². The van der Waals surface area contributed by atoms with E-state index >= 15 is 0 Å². The Morgan fingerprint density at radius 3 is 2.79 bits per heavy atom. The molecule has 0 radical (unpaired) electrons. The van der Waals surface area contributed by atoms with Crippen LogP contribution in [0.1, 0.15) is 12.8 Å². The fourth-order valence-electron chi connectivity index (χ4n) is 1.13. The van der Waals surface area contributed by atoms with Gasteiger partial charge in [-0.2, -0.15) is 5.26 Å². The predicted molar refractivity (Wildman–Crippen MR) is 55.2 cm³/mol. The summed E-state index contributed by atoms with van der Waals surface area (Å²) in [5.41, 5.74) is -0.767. The second-order valence-corrected chi connectivity index (χ2v) is 4.97. The average Bonchev–Trinajstić information content (AvgIpc) is 2.87. The van der Waals surface area contributed by atoms with Crippen molar-refractivity contribution in [2.24, 2.45) is 5.41 Å². The van der Waals surface area contributed by atoms with Gasteiger partial charge in [-0.25, -0.2) is 0 Å². The van der Waals surface area contributed by atoms with Gasteiger partial charge in [0.1, 0.15) is 5.41 Å². The van der Waals surface area contributed by atoms with Crippen LogP contribution in [0.25, 0.3) is 0 Å². The van der Waals surface area contributed by atoms with E-state index < -0.39 is 5.41 Å². The van der Waals surface area contributed by atoms with Crippen LogP contribution in [0, 0.1) is 16.7 Å². The highest BCUT2D eigenvalue weighted by atomic mass is 35.5. The number of hydrogen-bond donors (Lipinski definition) is 1. The number of nitrogens with one attached hydrogen (secondary N) is 1. The van der Waals surface area contributed by atoms with Crippen LogP contribution in [0.3, 0.4) is 0 Å². The Kier molecular flexibility index (Phi) is 2.22. The van der Waals surface area contributed by atoms with E-state index in [-0.39, 0.29) is 5.91 Å². The number of amides is 1. The molecule has 0 saturated heterocycles. The van der Waals surface area contributed by atoms with Crippen molar-refractivity contribution in [1.29, 1.82) is 5.26 Å². The van der Waals surface area contributed by atoms with Crippen LogP contribution in [-0.4, -0.2) is 5.91 Å². The molecule has 0 bridgehead atoms. The molecule has 5 heteroatoms. The zero-order valence-corrected chi connectivity index (χ0v) is 8.78. The minimum Gasteiger partial charge on any atom is -0.316 e. The molecule has 1 aromatic rings. The molecule has 0 unspecified atom stereocenters. The Morgan fingerprint density at radius 2 is 2.36 bits per heavy atom. The zero-order chi connectivity index (χ0) is 10.2. The van der Waals surface area contributed by atoms with Gasteiger partial charge >= 0.3 is 0 Å².